The molecule has 0 heterocycles. The smallest absolute Gasteiger partial charge is 0.0178 e. The second kappa shape index (κ2) is 3.48. The average Bonchev–Trinajstić information content (AvgIpc) is 2.46. The minimum absolute atomic E-state index is 0.873. The molecule has 2 saturated carbocycles. The maximum atomic E-state index is 4.15. The van der Waals surface area contributed by atoms with E-state index in [-0.39, 0.29) is 0 Å². The molecule has 4 atom stereocenters. The first-order chi connectivity index (χ1) is 6.18. The topological polar surface area (TPSA) is 0 Å². The van der Waals surface area contributed by atoms with E-state index in [0.29, 0.717) is 0 Å². The van der Waals surface area contributed by atoms with Crippen molar-refractivity contribution in [2.45, 2.75) is 46.0 Å². The quantitative estimate of drug-likeness (QED) is 0.532. The third-order valence-corrected chi connectivity index (χ3v) is 4.30. The number of rotatable bonds is 1. The van der Waals surface area contributed by atoms with Crippen molar-refractivity contribution in [1.82, 2.24) is 0 Å². The molecule has 2 fully saturated rings. The second-order valence-electron chi connectivity index (χ2n) is 5.37. The molecule has 0 aromatic rings. The van der Waals surface area contributed by atoms with Crippen LogP contribution in [0, 0.1) is 23.7 Å². The molecule has 0 nitrogen and oxygen atoms in total. The van der Waals surface area contributed by atoms with Crippen LogP contribution >= 0.6 is 0 Å². The van der Waals surface area contributed by atoms with E-state index in [2.05, 4.69) is 20.4 Å². The third kappa shape index (κ3) is 1.68. The summed E-state index contributed by atoms with van der Waals surface area (Å²) in [5, 5.41) is 0. The number of fused-ring (bicyclic) bond motifs is 1. The Morgan fingerprint density at radius 2 is 1.92 bits per heavy atom. The fraction of sp³-hybridized carbons (Fsp3) is 0.846. The van der Waals surface area contributed by atoms with Gasteiger partial charge in [0, 0.05) is 0 Å². The van der Waals surface area contributed by atoms with Crippen molar-refractivity contribution in [3.8, 4) is 0 Å². The fourth-order valence-electron chi connectivity index (χ4n) is 3.60. The van der Waals surface area contributed by atoms with Crippen LogP contribution in [0.3, 0.4) is 0 Å². The van der Waals surface area contributed by atoms with Gasteiger partial charge in [-0.1, -0.05) is 25.5 Å². The van der Waals surface area contributed by atoms with Gasteiger partial charge < -0.3 is 0 Å². The zero-order valence-electron chi connectivity index (χ0n) is 9.05. The molecule has 0 spiro atoms. The molecule has 13 heavy (non-hydrogen) atoms. The maximum Gasteiger partial charge on any atom is -0.0178 e. The molecular weight excluding hydrogens is 156 g/mol. The lowest BCUT2D eigenvalue weighted by Crippen LogP contribution is -2.23. The van der Waals surface area contributed by atoms with Gasteiger partial charge in [0.1, 0.15) is 0 Å². The highest BCUT2D eigenvalue weighted by Gasteiger charge is 2.39. The monoisotopic (exact) mass is 178 g/mol. The molecule has 0 bridgehead atoms. The molecule has 2 rings (SSSR count). The van der Waals surface area contributed by atoms with Gasteiger partial charge in [-0.05, 0) is 56.3 Å². The third-order valence-electron chi connectivity index (χ3n) is 4.30. The van der Waals surface area contributed by atoms with Crippen LogP contribution in [0.15, 0.2) is 12.2 Å². The van der Waals surface area contributed by atoms with Crippen LogP contribution in [0.25, 0.3) is 0 Å². The van der Waals surface area contributed by atoms with Crippen molar-refractivity contribution in [1.29, 1.82) is 0 Å². The molecule has 0 radical (unpaired) electrons. The lowest BCUT2D eigenvalue weighted by molar-refractivity contribution is 0.197. The fourth-order valence-corrected chi connectivity index (χ4v) is 3.60. The molecule has 0 amide bonds. The van der Waals surface area contributed by atoms with E-state index in [9.17, 15) is 0 Å². The maximum absolute atomic E-state index is 4.15. The molecule has 0 heteroatoms. The largest absolute Gasteiger partial charge is 0.0999 e. The van der Waals surface area contributed by atoms with E-state index < -0.39 is 0 Å². The van der Waals surface area contributed by atoms with E-state index in [4.69, 9.17) is 0 Å². The van der Waals surface area contributed by atoms with Gasteiger partial charge in [-0.15, -0.1) is 0 Å². The normalized spacial score (nSPS) is 44.5. The Hall–Kier alpha value is -0.260. The van der Waals surface area contributed by atoms with Crippen LogP contribution in [0.2, 0.25) is 0 Å². The van der Waals surface area contributed by atoms with Crippen molar-refractivity contribution in [3.05, 3.63) is 12.2 Å². The van der Waals surface area contributed by atoms with Crippen molar-refractivity contribution in [3.63, 3.8) is 0 Å². The van der Waals surface area contributed by atoms with E-state index in [1.54, 1.807) is 0 Å². The van der Waals surface area contributed by atoms with E-state index in [1.165, 1.54) is 37.7 Å². The van der Waals surface area contributed by atoms with Crippen LogP contribution in [-0.4, -0.2) is 0 Å². The highest BCUT2D eigenvalue weighted by Crippen LogP contribution is 2.49. The standard InChI is InChI=1S/C13H22/c1-9(2)12-7-5-11-8-10(3)4-6-13(11)12/h10-13H,1,4-8H2,2-3H3. The zero-order chi connectivity index (χ0) is 9.42. The summed E-state index contributed by atoms with van der Waals surface area (Å²) in [7, 11) is 0. The Kier molecular flexibility index (Phi) is 2.49. The Balaban J connectivity index is 2.04. The van der Waals surface area contributed by atoms with E-state index in [1.807, 2.05) is 0 Å². The first-order valence-corrected chi connectivity index (χ1v) is 5.84. The number of hydrogen-bond acceptors (Lipinski definition) is 0. The summed E-state index contributed by atoms with van der Waals surface area (Å²) in [6.45, 7) is 8.80. The van der Waals surface area contributed by atoms with Gasteiger partial charge >= 0.3 is 0 Å². The summed E-state index contributed by atoms with van der Waals surface area (Å²) >= 11 is 0. The molecule has 4 unspecified atom stereocenters. The highest BCUT2D eigenvalue weighted by atomic mass is 14.4. The van der Waals surface area contributed by atoms with Gasteiger partial charge in [-0.25, -0.2) is 0 Å². The van der Waals surface area contributed by atoms with Crippen LogP contribution in [-0.2, 0) is 0 Å². The number of hydrogen-bond donors (Lipinski definition) is 0. The Morgan fingerprint density at radius 3 is 2.62 bits per heavy atom. The minimum atomic E-state index is 0.873. The van der Waals surface area contributed by atoms with Gasteiger partial charge in [-0.3, -0.25) is 0 Å². The van der Waals surface area contributed by atoms with Gasteiger partial charge in [0.15, 0.2) is 0 Å². The Morgan fingerprint density at radius 1 is 1.15 bits per heavy atom. The average molecular weight is 178 g/mol. The summed E-state index contributed by atoms with van der Waals surface area (Å²) in [6.07, 6.45) is 7.34. The molecular formula is C13H22. The Labute approximate surface area is 82.4 Å². The van der Waals surface area contributed by atoms with E-state index >= 15 is 0 Å². The molecule has 0 aliphatic heterocycles. The molecule has 2 aliphatic carbocycles. The van der Waals surface area contributed by atoms with Crippen molar-refractivity contribution < 1.29 is 0 Å². The van der Waals surface area contributed by atoms with Crippen molar-refractivity contribution >= 4 is 0 Å². The summed E-state index contributed by atoms with van der Waals surface area (Å²) in [6, 6.07) is 0. The summed E-state index contributed by atoms with van der Waals surface area (Å²) in [5.41, 5.74) is 1.45. The second-order valence-corrected chi connectivity index (χ2v) is 5.37. The van der Waals surface area contributed by atoms with E-state index in [0.717, 1.165) is 23.7 Å². The highest BCUT2D eigenvalue weighted by molar-refractivity contribution is 5.05. The first-order valence-electron chi connectivity index (χ1n) is 5.84. The van der Waals surface area contributed by atoms with Gasteiger partial charge in [-0.2, -0.15) is 0 Å². The van der Waals surface area contributed by atoms with Crippen LogP contribution < -0.4 is 0 Å². The molecule has 2 aliphatic rings. The first kappa shape index (κ1) is 9.30. The van der Waals surface area contributed by atoms with Gasteiger partial charge in [0.25, 0.3) is 0 Å². The zero-order valence-corrected chi connectivity index (χ0v) is 9.05. The molecule has 0 aromatic carbocycles. The minimum Gasteiger partial charge on any atom is -0.0999 e. The van der Waals surface area contributed by atoms with Crippen molar-refractivity contribution in [2.75, 3.05) is 0 Å². The lowest BCUT2D eigenvalue weighted by Gasteiger charge is -2.33. The lowest BCUT2D eigenvalue weighted by atomic mass is 9.73. The molecule has 0 aromatic heterocycles. The van der Waals surface area contributed by atoms with Gasteiger partial charge in [0.05, 0.1) is 0 Å². The predicted molar refractivity (Wildman–Crippen MR) is 57.5 cm³/mol. The van der Waals surface area contributed by atoms with Crippen molar-refractivity contribution in [2.24, 2.45) is 23.7 Å². The molecule has 74 valence electrons. The van der Waals surface area contributed by atoms with Gasteiger partial charge in [0.2, 0.25) is 0 Å². The summed E-state index contributed by atoms with van der Waals surface area (Å²) in [5.74, 6) is 3.92. The Bertz CT molecular complexity index is 204. The van der Waals surface area contributed by atoms with Crippen LogP contribution in [0.1, 0.15) is 46.0 Å². The summed E-state index contributed by atoms with van der Waals surface area (Å²) in [4.78, 5) is 0. The summed E-state index contributed by atoms with van der Waals surface area (Å²) < 4.78 is 0. The SMILES string of the molecule is C=C(C)C1CCC2CC(C)CCC21. The number of allylic oxidation sites excluding steroid dienone is 1. The van der Waals surface area contributed by atoms with Crippen LogP contribution in [0.5, 0.6) is 0 Å². The molecule has 0 N–H and O–H groups in total. The van der Waals surface area contributed by atoms with Crippen LogP contribution in [0.4, 0.5) is 0 Å². The molecule has 0 saturated heterocycles. The predicted octanol–water partition coefficient (Wildman–Crippen LogP) is 4.02.